The third kappa shape index (κ3) is 4.60. The number of amides is 2. The Balaban J connectivity index is 1.48. The van der Waals surface area contributed by atoms with E-state index in [9.17, 15) is 9.59 Å². The Morgan fingerprint density at radius 3 is 2.73 bits per heavy atom. The van der Waals surface area contributed by atoms with Crippen molar-refractivity contribution in [2.24, 2.45) is 5.10 Å². The van der Waals surface area contributed by atoms with E-state index < -0.39 is 5.91 Å². The highest BCUT2D eigenvalue weighted by Crippen LogP contribution is 2.30. The lowest BCUT2D eigenvalue weighted by Gasteiger charge is -2.18. The number of nitrogens with one attached hydrogen (secondary N) is 2. The maximum Gasteiger partial charge on any atom is 0.259 e. The molecular formula is C19H19N3O4. The van der Waals surface area contributed by atoms with Crippen molar-refractivity contribution in [3.8, 4) is 11.5 Å². The van der Waals surface area contributed by atoms with Gasteiger partial charge in [0, 0.05) is 5.56 Å². The molecule has 1 aliphatic rings. The molecule has 0 aromatic heterocycles. The molecule has 3 rings (SSSR count). The van der Waals surface area contributed by atoms with Gasteiger partial charge in [0.25, 0.3) is 11.8 Å². The van der Waals surface area contributed by atoms with Crippen LogP contribution in [0.5, 0.6) is 11.5 Å². The van der Waals surface area contributed by atoms with Crippen LogP contribution in [0.2, 0.25) is 0 Å². The summed E-state index contributed by atoms with van der Waals surface area (Å²) in [5, 5.41) is 6.44. The minimum absolute atomic E-state index is 0.161. The van der Waals surface area contributed by atoms with E-state index in [2.05, 4.69) is 15.8 Å². The molecule has 2 aromatic carbocycles. The van der Waals surface area contributed by atoms with Crippen molar-refractivity contribution in [3.05, 3.63) is 59.2 Å². The molecule has 0 unspecified atom stereocenters. The molecule has 0 saturated heterocycles. The number of benzene rings is 2. The van der Waals surface area contributed by atoms with Crippen molar-refractivity contribution in [1.29, 1.82) is 0 Å². The van der Waals surface area contributed by atoms with Crippen LogP contribution in [0.15, 0.2) is 47.6 Å². The van der Waals surface area contributed by atoms with Crippen molar-refractivity contribution >= 4 is 18.0 Å². The average molecular weight is 353 g/mol. The maximum atomic E-state index is 12.0. The molecule has 7 nitrogen and oxygen atoms in total. The molecule has 134 valence electrons. The number of hydrogen-bond donors (Lipinski definition) is 2. The lowest BCUT2D eigenvalue weighted by molar-refractivity contribution is -0.120. The molecule has 2 aromatic rings. The van der Waals surface area contributed by atoms with E-state index in [1.165, 1.54) is 6.21 Å². The fraction of sp³-hybridized carbons (Fsp3) is 0.211. The number of ether oxygens (including phenoxy) is 2. The van der Waals surface area contributed by atoms with Gasteiger partial charge in [0.15, 0.2) is 11.5 Å². The number of nitrogens with zero attached hydrogens (tertiary/aromatic N) is 1. The first-order valence-corrected chi connectivity index (χ1v) is 8.18. The van der Waals surface area contributed by atoms with Gasteiger partial charge in [0.1, 0.15) is 13.2 Å². The van der Waals surface area contributed by atoms with Gasteiger partial charge in [-0.15, -0.1) is 0 Å². The molecule has 0 radical (unpaired) electrons. The zero-order valence-electron chi connectivity index (χ0n) is 14.3. The maximum absolute atomic E-state index is 12.0. The van der Waals surface area contributed by atoms with Crippen molar-refractivity contribution in [3.63, 3.8) is 0 Å². The topological polar surface area (TPSA) is 89.0 Å². The van der Waals surface area contributed by atoms with E-state index in [1.54, 1.807) is 30.3 Å². The summed E-state index contributed by atoms with van der Waals surface area (Å²) < 4.78 is 10.9. The van der Waals surface area contributed by atoms with Gasteiger partial charge in [-0.25, -0.2) is 5.43 Å². The summed E-state index contributed by atoms with van der Waals surface area (Å²) in [7, 11) is 0. The van der Waals surface area contributed by atoms with Gasteiger partial charge >= 0.3 is 0 Å². The number of hydrazone groups is 1. The smallest absolute Gasteiger partial charge is 0.259 e. The molecule has 1 heterocycles. The highest BCUT2D eigenvalue weighted by atomic mass is 16.6. The van der Waals surface area contributed by atoms with Gasteiger partial charge in [-0.1, -0.05) is 17.7 Å². The third-order valence-corrected chi connectivity index (χ3v) is 3.66. The molecule has 0 aliphatic carbocycles. The Bertz CT molecular complexity index is 848. The molecule has 26 heavy (non-hydrogen) atoms. The van der Waals surface area contributed by atoms with Gasteiger partial charge < -0.3 is 14.8 Å². The van der Waals surface area contributed by atoms with Gasteiger partial charge in [-0.05, 0) is 42.8 Å². The summed E-state index contributed by atoms with van der Waals surface area (Å²) >= 11 is 0. The minimum Gasteiger partial charge on any atom is -0.486 e. The van der Waals surface area contributed by atoms with Crippen LogP contribution in [0, 0.1) is 6.92 Å². The van der Waals surface area contributed by atoms with Crippen LogP contribution in [0.4, 0.5) is 0 Å². The minimum atomic E-state index is -0.417. The molecule has 7 heteroatoms. The van der Waals surface area contributed by atoms with Crippen LogP contribution in [-0.4, -0.2) is 37.8 Å². The normalized spacial score (nSPS) is 12.7. The SMILES string of the molecule is Cc1cccc(C(=O)NCC(=O)NN=Cc2ccc3c(c2)OCCO3)c1. The zero-order valence-corrected chi connectivity index (χ0v) is 14.3. The first-order chi connectivity index (χ1) is 12.6. The summed E-state index contributed by atoms with van der Waals surface area (Å²) in [6, 6.07) is 12.5. The zero-order chi connectivity index (χ0) is 18.4. The second-order valence-corrected chi connectivity index (χ2v) is 5.75. The Labute approximate surface area is 151 Å². The number of aryl methyl sites for hydroxylation is 1. The number of carbonyl (C=O) groups is 2. The standard InChI is InChI=1S/C19H19N3O4/c1-13-3-2-4-15(9-13)19(24)20-12-18(23)22-21-11-14-5-6-16-17(10-14)26-8-7-25-16/h2-6,9-11H,7-8,12H2,1H3,(H,20,24)(H,22,23). The summed E-state index contributed by atoms with van der Waals surface area (Å²) in [5.74, 6) is 0.618. The largest absolute Gasteiger partial charge is 0.486 e. The van der Waals surface area contributed by atoms with Crippen LogP contribution in [0.3, 0.4) is 0 Å². The molecule has 0 fully saturated rings. The van der Waals surface area contributed by atoms with E-state index >= 15 is 0 Å². The molecule has 0 atom stereocenters. The Morgan fingerprint density at radius 2 is 1.92 bits per heavy atom. The Morgan fingerprint density at radius 1 is 1.12 bits per heavy atom. The number of fused-ring (bicyclic) bond motifs is 1. The first kappa shape index (κ1) is 17.5. The summed E-state index contributed by atoms with van der Waals surface area (Å²) in [4.78, 5) is 23.8. The summed E-state index contributed by atoms with van der Waals surface area (Å²) in [6.45, 7) is 2.77. The fourth-order valence-corrected chi connectivity index (χ4v) is 2.41. The third-order valence-electron chi connectivity index (χ3n) is 3.66. The molecular weight excluding hydrogens is 334 g/mol. The van der Waals surface area contributed by atoms with Gasteiger partial charge in [0.2, 0.25) is 0 Å². The molecule has 1 aliphatic heterocycles. The van der Waals surface area contributed by atoms with Gasteiger partial charge in [0.05, 0.1) is 12.8 Å². The monoisotopic (exact) mass is 353 g/mol. The first-order valence-electron chi connectivity index (χ1n) is 8.18. The molecule has 0 spiro atoms. The Hall–Kier alpha value is -3.35. The summed E-state index contributed by atoms with van der Waals surface area (Å²) in [6.07, 6.45) is 1.50. The van der Waals surface area contributed by atoms with Crippen LogP contribution >= 0.6 is 0 Å². The van der Waals surface area contributed by atoms with Crippen molar-refractivity contribution < 1.29 is 19.1 Å². The average Bonchev–Trinajstić information content (AvgIpc) is 2.66. The lowest BCUT2D eigenvalue weighted by atomic mass is 10.1. The predicted molar refractivity (Wildman–Crippen MR) is 96.7 cm³/mol. The number of carbonyl (C=O) groups excluding carboxylic acids is 2. The number of hydrogen-bond acceptors (Lipinski definition) is 5. The second kappa shape index (κ2) is 8.15. The highest BCUT2D eigenvalue weighted by Gasteiger charge is 2.11. The molecule has 0 bridgehead atoms. The van der Waals surface area contributed by atoms with E-state index in [1.807, 2.05) is 19.1 Å². The second-order valence-electron chi connectivity index (χ2n) is 5.75. The molecule has 2 N–H and O–H groups in total. The van der Waals surface area contributed by atoms with Crippen LogP contribution in [0.25, 0.3) is 0 Å². The van der Waals surface area contributed by atoms with E-state index in [4.69, 9.17) is 9.47 Å². The lowest BCUT2D eigenvalue weighted by Crippen LogP contribution is -2.34. The van der Waals surface area contributed by atoms with Crippen molar-refractivity contribution in [1.82, 2.24) is 10.7 Å². The van der Waals surface area contributed by atoms with E-state index in [0.717, 1.165) is 11.1 Å². The van der Waals surface area contributed by atoms with E-state index in [0.29, 0.717) is 30.3 Å². The van der Waals surface area contributed by atoms with Crippen LogP contribution in [0.1, 0.15) is 21.5 Å². The van der Waals surface area contributed by atoms with Crippen LogP contribution in [-0.2, 0) is 4.79 Å². The Kier molecular flexibility index (Phi) is 5.48. The number of rotatable bonds is 5. The van der Waals surface area contributed by atoms with Crippen LogP contribution < -0.4 is 20.2 Å². The highest BCUT2D eigenvalue weighted by molar-refractivity contribution is 5.96. The van der Waals surface area contributed by atoms with Crippen molar-refractivity contribution in [2.45, 2.75) is 6.92 Å². The van der Waals surface area contributed by atoms with Crippen molar-refractivity contribution in [2.75, 3.05) is 19.8 Å². The predicted octanol–water partition coefficient (Wildman–Crippen LogP) is 1.65. The molecule has 0 saturated carbocycles. The van der Waals surface area contributed by atoms with E-state index in [-0.39, 0.29) is 12.5 Å². The quantitative estimate of drug-likeness (QED) is 0.632. The molecule has 2 amide bonds. The fourth-order valence-electron chi connectivity index (χ4n) is 2.41. The summed E-state index contributed by atoms with van der Waals surface area (Å²) in [5.41, 5.74) is 4.63. The van der Waals surface area contributed by atoms with Gasteiger partial charge in [-0.2, -0.15) is 5.10 Å². The van der Waals surface area contributed by atoms with Gasteiger partial charge in [-0.3, -0.25) is 9.59 Å².